The molecule has 0 unspecified atom stereocenters. The number of carbonyl (C=O) groups is 1. The van der Waals surface area contributed by atoms with E-state index < -0.39 is 0 Å². The second-order valence-corrected chi connectivity index (χ2v) is 5.81. The number of thiazole rings is 1. The van der Waals surface area contributed by atoms with E-state index in [1.165, 1.54) is 0 Å². The Balaban J connectivity index is 1.63. The summed E-state index contributed by atoms with van der Waals surface area (Å²) >= 11 is 1.55. The van der Waals surface area contributed by atoms with Gasteiger partial charge in [-0.05, 0) is 36.4 Å². The average molecular weight is 324 g/mol. The molecule has 23 heavy (non-hydrogen) atoms. The topological polar surface area (TPSA) is 52.1 Å². The van der Waals surface area contributed by atoms with Crippen LogP contribution in [0.1, 0.15) is 29.4 Å². The van der Waals surface area contributed by atoms with Crippen LogP contribution in [0.25, 0.3) is 10.7 Å². The summed E-state index contributed by atoms with van der Waals surface area (Å²) in [6.07, 6.45) is 2.27. The largest absolute Gasteiger partial charge is 0.487 e. The highest BCUT2D eigenvalue weighted by Gasteiger charge is 2.07. The molecule has 0 aliphatic heterocycles. The van der Waals surface area contributed by atoms with Crippen LogP contribution in [-0.4, -0.2) is 15.8 Å². The van der Waals surface area contributed by atoms with Crippen LogP contribution < -0.4 is 4.74 Å². The minimum absolute atomic E-state index is 0.135. The van der Waals surface area contributed by atoms with Gasteiger partial charge in [0.05, 0.1) is 11.4 Å². The number of rotatable bonds is 6. The number of nitrogens with zero attached hydrogens (tertiary/aromatic N) is 2. The summed E-state index contributed by atoms with van der Waals surface area (Å²) in [5, 5.41) is 2.85. The van der Waals surface area contributed by atoms with Crippen molar-refractivity contribution in [3.05, 3.63) is 65.3 Å². The van der Waals surface area contributed by atoms with E-state index in [9.17, 15) is 4.79 Å². The summed E-state index contributed by atoms with van der Waals surface area (Å²) < 4.78 is 5.72. The minimum atomic E-state index is 0.135. The Hall–Kier alpha value is -2.53. The van der Waals surface area contributed by atoms with Crippen LogP contribution in [0.2, 0.25) is 0 Å². The molecule has 0 amide bonds. The van der Waals surface area contributed by atoms with Crippen molar-refractivity contribution < 1.29 is 9.53 Å². The third-order valence-electron chi connectivity index (χ3n) is 3.32. The maximum absolute atomic E-state index is 11.6. The number of hydrogen-bond donors (Lipinski definition) is 0. The van der Waals surface area contributed by atoms with Gasteiger partial charge < -0.3 is 4.74 Å². The first-order valence-electron chi connectivity index (χ1n) is 7.38. The van der Waals surface area contributed by atoms with Gasteiger partial charge in [-0.25, -0.2) is 4.98 Å². The lowest BCUT2D eigenvalue weighted by atomic mass is 10.1. The molecule has 3 rings (SSSR count). The van der Waals surface area contributed by atoms with Crippen LogP contribution in [0.15, 0.2) is 54.0 Å². The first kappa shape index (κ1) is 15.4. The summed E-state index contributed by atoms with van der Waals surface area (Å²) in [4.78, 5) is 20.4. The van der Waals surface area contributed by atoms with Crippen molar-refractivity contribution in [3.63, 3.8) is 0 Å². The van der Waals surface area contributed by atoms with Gasteiger partial charge in [-0.2, -0.15) is 0 Å². The van der Waals surface area contributed by atoms with Gasteiger partial charge in [0.25, 0.3) is 0 Å². The second kappa shape index (κ2) is 7.15. The van der Waals surface area contributed by atoms with E-state index in [2.05, 4.69) is 9.97 Å². The average Bonchev–Trinajstić information content (AvgIpc) is 3.09. The Kier molecular flexibility index (Phi) is 4.78. The van der Waals surface area contributed by atoms with Crippen LogP contribution >= 0.6 is 11.3 Å². The minimum Gasteiger partial charge on any atom is -0.487 e. The lowest BCUT2D eigenvalue weighted by Gasteiger charge is -2.05. The van der Waals surface area contributed by atoms with Crippen molar-refractivity contribution in [2.24, 2.45) is 0 Å². The summed E-state index contributed by atoms with van der Waals surface area (Å²) in [5.74, 6) is 0.862. The highest BCUT2D eigenvalue weighted by Crippen LogP contribution is 2.22. The number of ether oxygens (including phenoxy) is 1. The molecule has 0 bridgehead atoms. The lowest BCUT2D eigenvalue weighted by molar-refractivity contribution is 0.0988. The van der Waals surface area contributed by atoms with E-state index in [0.717, 1.165) is 22.1 Å². The highest BCUT2D eigenvalue weighted by molar-refractivity contribution is 7.13. The van der Waals surface area contributed by atoms with Crippen molar-refractivity contribution >= 4 is 17.1 Å². The van der Waals surface area contributed by atoms with Crippen LogP contribution in [0, 0.1) is 0 Å². The lowest BCUT2D eigenvalue weighted by Crippen LogP contribution is -1.98. The SMILES string of the molecule is CCC(=O)c1ccc(OCc2csc(-c3ccccn3)n2)cc1. The standard InChI is InChI=1S/C18H16N2O2S/c1-2-17(21)13-6-8-15(9-7-13)22-11-14-12-23-18(20-14)16-5-3-4-10-19-16/h3-10,12H,2,11H2,1H3. The Morgan fingerprint density at radius 1 is 1.17 bits per heavy atom. The van der Waals surface area contributed by atoms with E-state index in [1.54, 1.807) is 29.7 Å². The van der Waals surface area contributed by atoms with E-state index in [-0.39, 0.29) is 5.78 Å². The third kappa shape index (κ3) is 3.81. The number of aromatic nitrogens is 2. The maximum Gasteiger partial charge on any atom is 0.162 e. The predicted octanol–water partition coefficient (Wildman–Crippen LogP) is 4.38. The first-order valence-corrected chi connectivity index (χ1v) is 8.26. The summed E-state index contributed by atoms with van der Waals surface area (Å²) in [7, 11) is 0. The van der Waals surface area contributed by atoms with Crippen LogP contribution in [0.5, 0.6) is 5.75 Å². The quantitative estimate of drug-likeness (QED) is 0.632. The molecule has 4 nitrogen and oxygen atoms in total. The fourth-order valence-electron chi connectivity index (χ4n) is 2.08. The van der Waals surface area contributed by atoms with Gasteiger partial charge in [-0.3, -0.25) is 9.78 Å². The first-order chi connectivity index (χ1) is 11.3. The predicted molar refractivity (Wildman–Crippen MR) is 90.7 cm³/mol. The Bertz CT molecular complexity index is 782. The molecular formula is C18H16N2O2S. The van der Waals surface area contributed by atoms with Gasteiger partial charge in [0.1, 0.15) is 17.4 Å². The number of hydrogen-bond acceptors (Lipinski definition) is 5. The molecule has 0 aliphatic rings. The number of pyridine rings is 1. The van der Waals surface area contributed by atoms with Crippen LogP contribution in [0.4, 0.5) is 0 Å². The van der Waals surface area contributed by atoms with Crippen LogP contribution in [0.3, 0.4) is 0 Å². The molecule has 2 aromatic heterocycles. The smallest absolute Gasteiger partial charge is 0.162 e. The number of Topliss-reactive ketones (excluding diaryl/α,β-unsaturated/α-hetero) is 1. The molecule has 0 radical (unpaired) electrons. The molecule has 2 heterocycles. The second-order valence-electron chi connectivity index (χ2n) is 4.95. The van der Waals surface area contributed by atoms with Gasteiger partial charge in [0, 0.05) is 23.6 Å². The molecule has 3 aromatic rings. The van der Waals surface area contributed by atoms with E-state index in [4.69, 9.17) is 4.74 Å². The zero-order valence-electron chi connectivity index (χ0n) is 12.7. The highest BCUT2D eigenvalue weighted by atomic mass is 32.1. The fraction of sp³-hybridized carbons (Fsp3) is 0.167. The Labute approximate surface area is 138 Å². The molecule has 0 fully saturated rings. The van der Waals surface area contributed by atoms with Crippen molar-refractivity contribution in [3.8, 4) is 16.5 Å². The molecule has 116 valence electrons. The van der Waals surface area contributed by atoms with E-state index in [0.29, 0.717) is 18.6 Å². The van der Waals surface area contributed by atoms with Gasteiger partial charge in [-0.15, -0.1) is 11.3 Å². The van der Waals surface area contributed by atoms with E-state index >= 15 is 0 Å². The molecule has 5 heteroatoms. The normalized spacial score (nSPS) is 10.5. The third-order valence-corrected chi connectivity index (χ3v) is 4.23. The van der Waals surface area contributed by atoms with Crippen molar-refractivity contribution in [1.29, 1.82) is 0 Å². The van der Waals surface area contributed by atoms with Gasteiger partial charge >= 0.3 is 0 Å². The molecule has 0 saturated heterocycles. The van der Waals surface area contributed by atoms with Crippen molar-refractivity contribution in [1.82, 2.24) is 9.97 Å². The maximum atomic E-state index is 11.6. The Morgan fingerprint density at radius 2 is 2.00 bits per heavy atom. The molecule has 1 aromatic carbocycles. The zero-order valence-corrected chi connectivity index (χ0v) is 13.5. The monoisotopic (exact) mass is 324 g/mol. The van der Waals surface area contributed by atoms with Crippen LogP contribution in [-0.2, 0) is 6.61 Å². The van der Waals surface area contributed by atoms with Gasteiger partial charge in [0.2, 0.25) is 0 Å². The molecule has 0 atom stereocenters. The van der Waals surface area contributed by atoms with Gasteiger partial charge in [-0.1, -0.05) is 13.0 Å². The van der Waals surface area contributed by atoms with Crippen molar-refractivity contribution in [2.45, 2.75) is 20.0 Å². The number of carbonyl (C=O) groups excluding carboxylic acids is 1. The Morgan fingerprint density at radius 3 is 2.70 bits per heavy atom. The van der Waals surface area contributed by atoms with E-state index in [1.807, 2.05) is 42.6 Å². The summed E-state index contributed by atoms with van der Waals surface area (Å²) in [6, 6.07) is 13.0. The van der Waals surface area contributed by atoms with Crippen molar-refractivity contribution in [2.75, 3.05) is 0 Å². The molecule has 0 saturated carbocycles. The molecular weight excluding hydrogens is 308 g/mol. The number of benzene rings is 1. The zero-order chi connectivity index (χ0) is 16.1. The summed E-state index contributed by atoms with van der Waals surface area (Å²) in [5.41, 5.74) is 2.45. The summed E-state index contributed by atoms with van der Waals surface area (Å²) in [6.45, 7) is 2.25. The number of ketones is 1. The molecule has 0 N–H and O–H groups in total. The molecule has 0 spiro atoms. The fourth-order valence-corrected chi connectivity index (χ4v) is 2.86. The van der Waals surface area contributed by atoms with Gasteiger partial charge in [0.15, 0.2) is 5.78 Å². The molecule has 0 aliphatic carbocycles.